The Kier molecular flexibility index (Phi) is 6.75. The van der Waals surface area contributed by atoms with Crippen LogP contribution in [0, 0.1) is 6.92 Å². The summed E-state index contributed by atoms with van der Waals surface area (Å²) in [7, 11) is 1.76. The highest BCUT2D eigenvalue weighted by atomic mass is 79.9. The Bertz CT molecular complexity index is 335. The zero-order valence-electron chi connectivity index (χ0n) is 10.5. The van der Waals surface area contributed by atoms with Gasteiger partial charge in [-0.25, -0.2) is 0 Å². The van der Waals surface area contributed by atoms with Gasteiger partial charge in [0.2, 0.25) is 0 Å². The van der Waals surface area contributed by atoms with Crippen LogP contribution in [0.25, 0.3) is 0 Å². The molecule has 0 saturated heterocycles. The van der Waals surface area contributed by atoms with Gasteiger partial charge in [0.1, 0.15) is 0 Å². The highest BCUT2D eigenvalue weighted by molar-refractivity contribution is 9.09. The zero-order valence-corrected chi connectivity index (χ0v) is 13.7. The van der Waals surface area contributed by atoms with E-state index in [-0.39, 0.29) is 5.41 Å². The molecular formula is C14H20Br2O. The van der Waals surface area contributed by atoms with Gasteiger partial charge in [-0.1, -0.05) is 56.1 Å². The first kappa shape index (κ1) is 15.2. The lowest BCUT2D eigenvalue weighted by atomic mass is 9.78. The fourth-order valence-corrected chi connectivity index (χ4v) is 4.26. The second-order valence-corrected chi connectivity index (χ2v) is 5.58. The molecule has 0 atom stereocenters. The predicted octanol–water partition coefficient (Wildman–Crippen LogP) is 4.45. The Morgan fingerprint density at radius 1 is 1.18 bits per heavy atom. The second kappa shape index (κ2) is 7.55. The molecule has 0 N–H and O–H groups in total. The van der Waals surface area contributed by atoms with E-state index in [1.54, 1.807) is 7.11 Å². The van der Waals surface area contributed by atoms with Crippen molar-refractivity contribution in [3.8, 4) is 0 Å². The van der Waals surface area contributed by atoms with Gasteiger partial charge >= 0.3 is 0 Å². The lowest BCUT2D eigenvalue weighted by molar-refractivity contribution is 0.186. The number of benzene rings is 1. The summed E-state index contributed by atoms with van der Waals surface area (Å²) in [6.45, 7) is 3.01. The van der Waals surface area contributed by atoms with E-state index in [0.29, 0.717) is 0 Å². The highest BCUT2D eigenvalue weighted by Crippen LogP contribution is 2.35. The average Bonchev–Trinajstić information content (AvgIpc) is 2.36. The molecule has 3 heteroatoms. The fraction of sp³-hybridized carbons (Fsp3) is 0.571. The lowest BCUT2D eigenvalue weighted by Crippen LogP contribution is -2.31. The summed E-state index contributed by atoms with van der Waals surface area (Å²) < 4.78 is 5.16. The maximum absolute atomic E-state index is 5.16. The van der Waals surface area contributed by atoms with Crippen LogP contribution in [0.5, 0.6) is 0 Å². The van der Waals surface area contributed by atoms with Crippen LogP contribution in [0.2, 0.25) is 0 Å². The van der Waals surface area contributed by atoms with Crippen LogP contribution in [0.1, 0.15) is 24.0 Å². The number of ether oxygens (including phenoxy) is 1. The average molecular weight is 364 g/mol. The zero-order chi connectivity index (χ0) is 12.7. The molecular weight excluding hydrogens is 344 g/mol. The minimum Gasteiger partial charge on any atom is -0.385 e. The molecule has 1 aromatic carbocycles. The normalized spacial score (nSPS) is 11.8. The summed E-state index contributed by atoms with van der Waals surface area (Å²) in [6.07, 6.45) is 2.21. The topological polar surface area (TPSA) is 9.23 Å². The minimum absolute atomic E-state index is 0.171. The molecule has 1 nitrogen and oxygen atoms in total. The van der Waals surface area contributed by atoms with Crippen LogP contribution < -0.4 is 0 Å². The molecule has 0 heterocycles. The largest absolute Gasteiger partial charge is 0.385 e. The summed E-state index contributed by atoms with van der Waals surface area (Å²) in [5.41, 5.74) is 2.97. The van der Waals surface area contributed by atoms with Crippen LogP contribution in [0.15, 0.2) is 24.3 Å². The van der Waals surface area contributed by atoms with Gasteiger partial charge in [-0.15, -0.1) is 0 Å². The first-order valence-electron chi connectivity index (χ1n) is 5.87. The van der Waals surface area contributed by atoms with E-state index < -0.39 is 0 Å². The first-order chi connectivity index (χ1) is 8.20. The minimum atomic E-state index is 0.171. The van der Waals surface area contributed by atoms with E-state index in [1.165, 1.54) is 11.1 Å². The number of rotatable bonds is 7. The molecule has 0 aromatic heterocycles. The predicted molar refractivity (Wildman–Crippen MR) is 81.6 cm³/mol. The van der Waals surface area contributed by atoms with Crippen molar-refractivity contribution in [2.45, 2.75) is 25.2 Å². The Balaban J connectivity index is 2.94. The molecule has 0 aliphatic heterocycles. The molecule has 96 valence electrons. The van der Waals surface area contributed by atoms with Crippen molar-refractivity contribution in [1.29, 1.82) is 0 Å². The van der Waals surface area contributed by atoms with E-state index in [1.807, 2.05) is 0 Å². The summed E-state index contributed by atoms with van der Waals surface area (Å²) in [5, 5.41) is 1.94. The molecule has 0 spiro atoms. The van der Waals surface area contributed by atoms with Crippen molar-refractivity contribution < 1.29 is 4.74 Å². The third-order valence-electron chi connectivity index (χ3n) is 3.23. The van der Waals surface area contributed by atoms with Crippen molar-refractivity contribution >= 4 is 31.9 Å². The van der Waals surface area contributed by atoms with Crippen LogP contribution in [-0.2, 0) is 10.2 Å². The number of alkyl halides is 2. The second-order valence-electron chi connectivity index (χ2n) is 4.46. The summed E-state index contributed by atoms with van der Waals surface area (Å²) >= 11 is 7.37. The van der Waals surface area contributed by atoms with Gasteiger partial charge < -0.3 is 4.74 Å². The van der Waals surface area contributed by atoms with Crippen LogP contribution >= 0.6 is 31.9 Å². The van der Waals surface area contributed by atoms with E-state index >= 15 is 0 Å². The van der Waals surface area contributed by atoms with Gasteiger partial charge in [-0.2, -0.15) is 0 Å². The van der Waals surface area contributed by atoms with Crippen molar-refractivity contribution in [2.24, 2.45) is 0 Å². The maximum atomic E-state index is 5.16. The van der Waals surface area contributed by atoms with Gasteiger partial charge in [0.25, 0.3) is 0 Å². The molecule has 1 rings (SSSR count). The van der Waals surface area contributed by atoms with Crippen molar-refractivity contribution in [1.82, 2.24) is 0 Å². The molecule has 0 radical (unpaired) electrons. The van der Waals surface area contributed by atoms with Gasteiger partial charge in [0.15, 0.2) is 0 Å². The Labute approximate surface area is 121 Å². The Morgan fingerprint density at radius 3 is 2.35 bits per heavy atom. The molecule has 0 aliphatic rings. The van der Waals surface area contributed by atoms with Gasteiger partial charge in [0, 0.05) is 29.8 Å². The van der Waals surface area contributed by atoms with Crippen LogP contribution in [0.4, 0.5) is 0 Å². The first-order valence-corrected chi connectivity index (χ1v) is 8.11. The monoisotopic (exact) mass is 362 g/mol. The molecule has 0 bridgehead atoms. The van der Waals surface area contributed by atoms with Crippen molar-refractivity contribution in [2.75, 3.05) is 24.4 Å². The highest BCUT2D eigenvalue weighted by Gasteiger charge is 2.30. The van der Waals surface area contributed by atoms with Crippen LogP contribution in [0.3, 0.4) is 0 Å². The molecule has 0 unspecified atom stereocenters. The Morgan fingerprint density at radius 2 is 1.82 bits per heavy atom. The van der Waals surface area contributed by atoms with Crippen LogP contribution in [-0.4, -0.2) is 24.4 Å². The lowest BCUT2D eigenvalue weighted by Gasteiger charge is -2.32. The molecule has 0 amide bonds. The van der Waals surface area contributed by atoms with Crippen molar-refractivity contribution in [3.05, 3.63) is 35.4 Å². The number of halogens is 2. The van der Waals surface area contributed by atoms with Crippen molar-refractivity contribution in [3.63, 3.8) is 0 Å². The molecule has 0 saturated carbocycles. The smallest absolute Gasteiger partial charge is 0.0462 e. The van der Waals surface area contributed by atoms with E-state index in [9.17, 15) is 0 Å². The summed E-state index contributed by atoms with van der Waals surface area (Å²) in [6, 6.07) is 8.65. The summed E-state index contributed by atoms with van der Waals surface area (Å²) in [5.74, 6) is 0. The van der Waals surface area contributed by atoms with E-state index in [4.69, 9.17) is 4.74 Å². The van der Waals surface area contributed by atoms with E-state index in [2.05, 4.69) is 63.0 Å². The standard InChI is InChI=1S/C14H20Br2O/c1-12-6-3-4-7-13(12)14(10-15,11-16)8-5-9-17-2/h3-4,6-7H,5,8-11H2,1-2H3. The third kappa shape index (κ3) is 3.80. The molecule has 0 fully saturated rings. The number of hydrogen-bond donors (Lipinski definition) is 0. The Hall–Kier alpha value is 0.140. The molecule has 0 aliphatic carbocycles. The van der Waals surface area contributed by atoms with Gasteiger partial charge in [-0.3, -0.25) is 0 Å². The number of aryl methyl sites for hydroxylation is 1. The summed E-state index contributed by atoms with van der Waals surface area (Å²) in [4.78, 5) is 0. The number of methoxy groups -OCH3 is 1. The molecule has 1 aromatic rings. The van der Waals surface area contributed by atoms with Gasteiger partial charge in [-0.05, 0) is 30.9 Å². The number of hydrogen-bond acceptors (Lipinski definition) is 1. The fourth-order valence-electron chi connectivity index (χ4n) is 2.17. The SMILES string of the molecule is COCCCC(CBr)(CBr)c1ccccc1C. The molecule has 17 heavy (non-hydrogen) atoms. The maximum Gasteiger partial charge on any atom is 0.0462 e. The third-order valence-corrected chi connectivity index (χ3v) is 5.38. The van der Waals surface area contributed by atoms with E-state index in [0.717, 1.165) is 30.1 Å². The van der Waals surface area contributed by atoms with Gasteiger partial charge in [0.05, 0.1) is 0 Å². The quantitative estimate of drug-likeness (QED) is 0.513.